The van der Waals surface area contributed by atoms with E-state index in [-0.39, 0.29) is 0 Å². The van der Waals surface area contributed by atoms with Crippen molar-refractivity contribution in [2.45, 2.75) is 12.5 Å². The van der Waals surface area contributed by atoms with Gasteiger partial charge in [0.2, 0.25) is 6.10 Å². The monoisotopic (exact) mass is 140 g/mol. The fourth-order valence-corrected chi connectivity index (χ4v) is 0.311. The molecule has 1 atom stereocenters. The molecule has 5 heteroatoms. The highest BCUT2D eigenvalue weighted by Crippen LogP contribution is 2.03. The lowest BCUT2D eigenvalue weighted by Crippen LogP contribution is -2.29. The van der Waals surface area contributed by atoms with Crippen LogP contribution < -0.4 is 0 Å². The highest BCUT2D eigenvalue weighted by molar-refractivity contribution is 5.72. The number of rotatable bonds is 3. The van der Waals surface area contributed by atoms with Crippen molar-refractivity contribution < 1.29 is 23.4 Å². The molecular weight excluding hydrogens is 134 g/mol. The van der Waals surface area contributed by atoms with Gasteiger partial charge in [0.15, 0.2) is 0 Å². The SMILES string of the molecule is CO[C@H](C(=O)O)C(F)F. The summed E-state index contributed by atoms with van der Waals surface area (Å²) in [4.78, 5) is 9.77. The maximum absolute atomic E-state index is 11.4. The molecule has 0 aromatic rings. The average Bonchev–Trinajstić information content (AvgIpc) is 1.64. The highest BCUT2D eigenvalue weighted by atomic mass is 19.3. The molecule has 0 heterocycles. The first-order chi connectivity index (χ1) is 4.09. The van der Waals surface area contributed by atoms with Crippen molar-refractivity contribution in [3.8, 4) is 0 Å². The Kier molecular flexibility index (Phi) is 3.08. The molecule has 0 aliphatic carbocycles. The zero-order chi connectivity index (χ0) is 7.44. The number of hydrogen-bond donors (Lipinski definition) is 1. The van der Waals surface area contributed by atoms with Gasteiger partial charge in [0.05, 0.1) is 0 Å². The Morgan fingerprint density at radius 1 is 1.67 bits per heavy atom. The molecule has 0 fully saturated rings. The molecule has 0 saturated carbocycles. The van der Waals surface area contributed by atoms with E-state index in [1.165, 1.54) is 0 Å². The van der Waals surface area contributed by atoms with E-state index in [0.29, 0.717) is 0 Å². The number of carboxylic acid groups (broad SMARTS) is 1. The van der Waals surface area contributed by atoms with Crippen molar-refractivity contribution in [2.75, 3.05) is 7.11 Å². The van der Waals surface area contributed by atoms with Gasteiger partial charge in [0.25, 0.3) is 6.43 Å². The Morgan fingerprint density at radius 3 is 2.11 bits per heavy atom. The minimum Gasteiger partial charge on any atom is -0.479 e. The smallest absolute Gasteiger partial charge is 0.338 e. The molecule has 0 radical (unpaired) electrons. The number of carboxylic acids is 1. The summed E-state index contributed by atoms with van der Waals surface area (Å²) in [5.41, 5.74) is 0. The molecule has 9 heavy (non-hydrogen) atoms. The van der Waals surface area contributed by atoms with E-state index >= 15 is 0 Å². The normalized spacial score (nSPS) is 13.8. The maximum Gasteiger partial charge on any atom is 0.338 e. The van der Waals surface area contributed by atoms with E-state index in [4.69, 9.17) is 5.11 Å². The first-order valence-corrected chi connectivity index (χ1v) is 2.13. The van der Waals surface area contributed by atoms with Gasteiger partial charge in [-0.15, -0.1) is 0 Å². The van der Waals surface area contributed by atoms with Gasteiger partial charge < -0.3 is 9.84 Å². The third kappa shape index (κ3) is 2.36. The largest absolute Gasteiger partial charge is 0.479 e. The van der Waals surface area contributed by atoms with Crippen LogP contribution in [-0.4, -0.2) is 30.7 Å². The number of halogens is 2. The van der Waals surface area contributed by atoms with Gasteiger partial charge in [-0.2, -0.15) is 0 Å². The Morgan fingerprint density at radius 2 is 2.11 bits per heavy atom. The molecule has 0 aliphatic heterocycles. The second-order valence-electron chi connectivity index (χ2n) is 1.33. The average molecular weight is 140 g/mol. The molecule has 3 nitrogen and oxygen atoms in total. The molecule has 0 unspecified atom stereocenters. The first-order valence-electron chi connectivity index (χ1n) is 2.13. The van der Waals surface area contributed by atoms with Gasteiger partial charge in [-0.25, -0.2) is 13.6 Å². The molecule has 0 aromatic carbocycles. The topological polar surface area (TPSA) is 46.5 Å². The van der Waals surface area contributed by atoms with Crippen LogP contribution in [0.1, 0.15) is 0 Å². The second kappa shape index (κ2) is 3.34. The zero-order valence-corrected chi connectivity index (χ0v) is 4.67. The van der Waals surface area contributed by atoms with Gasteiger partial charge in [0.1, 0.15) is 0 Å². The summed E-state index contributed by atoms with van der Waals surface area (Å²) in [7, 11) is 0.922. The Balaban J connectivity index is 3.83. The molecule has 0 rings (SSSR count). The summed E-state index contributed by atoms with van der Waals surface area (Å²) in [6.45, 7) is 0. The highest BCUT2D eigenvalue weighted by Gasteiger charge is 2.26. The fraction of sp³-hybridized carbons (Fsp3) is 0.750. The van der Waals surface area contributed by atoms with E-state index < -0.39 is 18.5 Å². The molecule has 0 aromatic heterocycles. The van der Waals surface area contributed by atoms with Crippen molar-refractivity contribution in [2.24, 2.45) is 0 Å². The number of carbonyl (C=O) groups is 1. The van der Waals surface area contributed by atoms with Crippen LogP contribution in [0, 0.1) is 0 Å². The molecule has 54 valence electrons. The van der Waals surface area contributed by atoms with E-state index in [0.717, 1.165) is 7.11 Å². The van der Waals surface area contributed by atoms with Gasteiger partial charge in [-0.1, -0.05) is 0 Å². The molecule has 0 saturated heterocycles. The van der Waals surface area contributed by atoms with E-state index in [2.05, 4.69) is 4.74 Å². The summed E-state index contributed by atoms with van der Waals surface area (Å²) >= 11 is 0. The molecule has 0 spiro atoms. The van der Waals surface area contributed by atoms with Crippen molar-refractivity contribution in [3.05, 3.63) is 0 Å². The van der Waals surface area contributed by atoms with Gasteiger partial charge in [0, 0.05) is 7.11 Å². The van der Waals surface area contributed by atoms with Crippen LogP contribution in [-0.2, 0) is 9.53 Å². The molecule has 0 amide bonds. The van der Waals surface area contributed by atoms with Crippen LogP contribution in [0.5, 0.6) is 0 Å². The van der Waals surface area contributed by atoms with E-state index in [1.54, 1.807) is 0 Å². The lowest BCUT2D eigenvalue weighted by atomic mass is 10.4. The van der Waals surface area contributed by atoms with E-state index in [9.17, 15) is 13.6 Å². The predicted octanol–water partition coefficient (Wildman–Crippen LogP) is 0.351. The zero-order valence-electron chi connectivity index (χ0n) is 4.67. The van der Waals surface area contributed by atoms with Crippen molar-refractivity contribution in [3.63, 3.8) is 0 Å². The number of hydrogen-bond acceptors (Lipinski definition) is 2. The quantitative estimate of drug-likeness (QED) is 0.615. The lowest BCUT2D eigenvalue weighted by Gasteiger charge is -2.06. The van der Waals surface area contributed by atoms with Crippen LogP contribution in [0.25, 0.3) is 0 Å². The molecule has 0 aliphatic rings. The molecule has 0 bridgehead atoms. The van der Waals surface area contributed by atoms with Crippen molar-refractivity contribution in [1.29, 1.82) is 0 Å². The lowest BCUT2D eigenvalue weighted by molar-refractivity contribution is -0.157. The Bertz CT molecular complexity index is 104. The standard InChI is InChI=1S/C4H6F2O3/c1-9-2(3(5)6)4(7)8/h2-3H,1H3,(H,7,8)/t2-/m0/s1. The van der Waals surface area contributed by atoms with Crippen LogP contribution in [0.2, 0.25) is 0 Å². The molecule has 1 N–H and O–H groups in total. The van der Waals surface area contributed by atoms with Crippen LogP contribution >= 0.6 is 0 Å². The van der Waals surface area contributed by atoms with Gasteiger partial charge >= 0.3 is 5.97 Å². The summed E-state index contributed by atoms with van der Waals surface area (Å²) in [6.07, 6.45) is -4.96. The third-order valence-corrected chi connectivity index (χ3v) is 0.726. The predicted molar refractivity (Wildman–Crippen MR) is 24.4 cm³/mol. The summed E-state index contributed by atoms with van der Waals surface area (Å²) < 4.78 is 26.8. The first kappa shape index (κ1) is 8.29. The van der Waals surface area contributed by atoms with Crippen molar-refractivity contribution >= 4 is 5.97 Å². The summed E-state index contributed by atoms with van der Waals surface area (Å²) in [5.74, 6) is -1.65. The third-order valence-electron chi connectivity index (χ3n) is 0.726. The number of methoxy groups -OCH3 is 1. The summed E-state index contributed by atoms with van der Waals surface area (Å²) in [6, 6.07) is 0. The minimum absolute atomic E-state index is 0.922. The van der Waals surface area contributed by atoms with Crippen LogP contribution in [0.4, 0.5) is 8.78 Å². The number of alkyl halides is 2. The Labute approximate surface area is 50.2 Å². The second-order valence-corrected chi connectivity index (χ2v) is 1.33. The van der Waals surface area contributed by atoms with Crippen LogP contribution in [0.3, 0.4) is 0 Å². The summed E-state index contributed by atoms with van der Waals surface area (Å²) in [5, 5.41) is 7.94. The van der Waals surface area contributed by atoms with Crippen molar-refractivity contribution in [1.82, 2.24) is 0 Å². The maximum atomic E-state index is 11.4. The number of ether oxygens (including phenoxy) is 1. The molecular formula is C4H6F2O3. The van der Waals surface area contributed by atoms with Gasteiger partial charge in [-0.3, -0.25) is 0 Å². The fourth-order valence-electron chi connectivity index (χ4n) is 0.311. The van der Waals surface area contributed by atoms with Gasteiger partial charge in [-0.05, 0) is 0 Å². The Hall–Kier alpha value is -0.710. The minimum atomic E-state index is -2.97. The number of aliphatic carboxylic acids is 1. The van der Waals surface area contributed by atoms with Crippen LogP contribution in [0.15, 0.2) is 0 Å². The van der Waals surface area contributed by atoms with E-state index in [1.807, 2.05) is 0 Å².